The number of aliphatic hydroxyl groups excluding tert-OH is 8. The van der Waals surface area contributed by atoms with E-state index >= 15 is 0 Å². The summed E-state index contributed by atoms with van der Waals surface area (Å²) in [6.07, 6.45) is 12.4. The van der Waals surface area contributed by atoms with Gasteiger partial charge in [-0.25, -0.2) is 0 Å². The van der Waals surface area contributed by atoms with Crippen LogP contribution in [0.5, 0.6) is 0 Å². The molecule has 2 fully saturated rings. The summed E-state index contributed by atoms with van der Waals surface area (Å²) in [7, 11) is 0. The van der Waals surface area contributed by atoms with Crippen LogP contribution >= 0.6 is 0 Å². The number of hydrogen-bond donors (Lipinski definition) is 9. The molecule has 0 radical (unpaired) electrons. The number of allylic oxidation sites excluding steroid dienone is 3. The molecule has 12 atom stereocenters. The number of carbonyl (C=O) groups excluding carboxylic acids is 1. The standard InChI is InChI=1S/C42H77NO13/c1-3-5-7-9-11-13-15-16-17-19-21-23-25-31(46)30(43-34(47)26-24-22-20-18-14-12-10-8-6-4-2)29-53-41-39(52)37(50)40(33(28-45)55-41)56-42-38(51)36(49)35(48)32(27-44)54-42/h16-17,23,25,30-33,35-42,44-46,48-52H,3-15,18-22,24,26-29H2,1-2H3,(H,43,47)/b17-16+,25-23+. The van der Waals surface area contributed by atoms with E-state index in [-0.39, 0.29) is 18.9 Å². The van der Waals surface area contributed by atoms with Gasteiger partial charge in [-0.2, -0.15) is 0 Å². The quantitative estimate of drug-likeness (QED) is 0.0362. The van der Waals surface area contributed by atoms with E-state index in [2.05, 4.69) is 31.3 Å². The largest absolute Gasteiger partial charge is 0.394 e. The van der Waals surface area contributed by atoms with Gasteiger partial charge < -0.3 is 65.1 Å². The van der Waals surface area contributed by atoms with Crippen LogP contribution in [0, 0.1) is 0 Å². The second-order valence-corrected chi connectivity index (χ2v) is 15.5. The fourth-order valence-electron chi connectivity index (χ4n) is 7.01. The van der Waals surface area contributed by atoms with Gasteiger partial charge in [0.15, 0.2) is 12.6 Å². The van der Waals surface area contributed by atoms with Crippen molar-refractivity contribution in [2.24, 2.45) is 0 Å². The molecule has 2 aliphatic heterocycles. The highest BCUT2D eigenvalue weighted by molar-refractivity contribution is 5.76. The molecular formula is C42H77NO13. The summed E-state index contributed by atoms with van der Waals surface area (Å²) in [5.74, 6) is -0.255. The predicted molar refractivity (Wildman–Crippen MR) is 212 cm³/mol. The minimum absolute atomic E-state index is 0.255. The minimum Gasteiger partial charge on any atom is -0.394 e. The predicted octanol–water partition coefficient (Wildman–Crippen LogP) is 3.43. The highest BCUT2D eigenvalue weighted by Gasteiger charge is 2.50. The summed E-state index contributed by atoms with van der Waals surface area (Å²) >= 11 is 0. The summed E-state index contributed by atoms with van der Waals surface area (Å²) in [4.78, 5) is 13.0. The van der Waals surface area contributed by atoms with Gasteiger partial charge in [-0.05, 0) is 32.1 Å². The number of ether oxygens (including phenoxy) is 4. The van der Waals surface area contributed by atoms with Crippen molar-refractivity contribution < 1.29 is 64.6 Å². The van der Waals surface area contributed by atoms with E-state index in [9.17, 15) is 45.6 Å². The average Bonchev–Trinajstić information content (AvgIpc) is 3.19. The van der Waals surface area contributed by atoms with E-state index in [1.165, 1.54) is 77.0 Å². The Balaban J connectivity index is 1.95. The van der Waals surface area contributed by atoms with E-state index < -0.39 is 86.8 Å². The molecule has 0 saturated carbocycles. The minimum atomic E-state index is -1.79. The second-order valence-electron chi connectivity index (χ2n) is 15.5. The van der Waals surface area contributed by atoms with Crippen LogP contribution in [0.1, 0.15) is 142 Å². The topological polar surface area (TPSA) is 228 Å². The molecule has 0 aromatic carbocycles. The lowest BCUT2D eigenvalue weighted by Crippen LogP contribution is -2.65. The Bertz CT molecular complexity index is 1050. The lowest BCUT2D eigenvalue weighted by Gasteiger charge is -2.46. The number of aliphatic hydroxyl groups is 8. The van der Waals surface area contributed by atoms with Gasteiger partial charge in [0.1, 0.15) is 48.8 Å². The Hall–Kier alpha value is -1.53. The van der Waals surface area contributed by atoms with Crippen molar-refractivity contribution in [3.8, 4) is 0 Å². The zero-order valence-electron chi connectivity index (χ0n) is 34.1. The van der Waals surface area contributed by atoms with Crippen molar-refractivity contribution in [1.82, 2.24) is 5.32 Å². The molecule has 0 aliphatic carbocycles. The van der Waals surface area contributed by atoms with Gasteiger partial charge in [0.05, 0.1) is 32.0 Å². The van der Waals surface area contributed by atoms with Gasteiger partial charge in [0.25, 0.3) is 0 Å². The van der Waals surface area contributed by atoms with Crippen molar-refractivity contribution in [3.05, 3.63) is 24.3 Å². The Morgan fingerprint density at radius 3 is 1.75 bits per heavy atom. The third-order valence-electron chi connectivity index (χ3n) is 10.6. The maximum Gasteiger partial charge on any atom is 0.220 e. The van der Waals surface area contributed by atoms with Crippen LogP contribution in [-0.2, 0) is 23.7 Å². The second kappa shape index (κ2) is 30.5. The van der Waals surface area contributed by atoms with Crippen LogP contribution in [0.3, 0.4) is 0 Å². The molecule has 14 heteroatoms. The number of carbonyl (C=O) groups is 1. The van der Waals surface area contributed by atoms with E-state index in [1.807, 2.05) is 6.08 Å². The first-order chi connectivity index (χ1) is 27.1. The van der Waals surface area contributed by atoms with Gasteiger partial charge in [0, 0.05) is 6.42 Å². The molecule has 0 aromatic heterocycles. The van der Waals surface area contributed by atoms with Crippen molar-refractivity contribution in [3.63, 3.8) is 0 Å². The molecule has 2 heterocycles. The van der Waals surface area contributed by atoms with Crippen LogP contribution in [0.4, 0.5) is 0 Å². The smallest absolute Gasteiger partial charge is 0.220 e. The fourth-order valence-corrected chi connectivity index (χ4v) is 7.01. The Morgan fingerprint density at radius 1 is 0.625 bits per heavy atom. The number of nitrogens with one attached hydrogen (secondary N) is 1. The van der Waals surface area contributed by atoms with Gasteiger partial charge in [-0.3, -0.25) is 4.79 Å². The maximum atomic E-state index is 13.0. The number of amides is 1. The highest BCUT2D eigenvalue weighted by atomic mass is 16.7. The molecule has 56 heavy (non-hydrogen) atoms. The normalized spacial score (nSPS) is 29.6. The molecule has 0 aromatic rings. The fraction of sp³-hybridized carbons (Fsp3) is 0.881. The molecule has 14 nitrogen and oxygen atoms in total. The van der Waals surface area contributed by atoms with Crippen LogP contribution in [0.25, 0.3) is 0 Å². The summed E-state index contributed by atoms with van der Waals surface area (Å²) in [5, 5.41) is 86.2. The summed E-state index contributed by atoms with van der Waals surface area (Å²) < 4.78 is 22.5. The zero-order chi connectivity index (χ0) is 41.1. The van der Waals surface area contributed by atoms with E-state index in [1.54, 1.807) is 6.08 Å². The third-order valence-corrected chi connectivity index (χ3v) is 10.6. The molecule has 328 valence electrons. The molecule has 2 rings (SSSR count). The van der Waals surface area contributed by atoms with E-state index in [0.29, 0.717) is 12.8 Å². The zero-order valence-corrected chi connectivity index (χ0v) is 34.1. The third kappa shape index (κ3) is 19.0. The molecule has 0 bridgehead atoms. The average molecular weight is 804 g/mol. The molecular weight excluding hydrogens is 726 g/mol. The Morgan fingerprint density at radius 2 is 1.14 bits per heavy atom. The van der Waals surface area contributed by atoms with Crippen molar-refractivity contribution in [2.75, 3.05) is 19.8 Å². The first-order valence-electron chi connectivity index (χ1n) is 21.6. The van der Waals surface area contributed by atoms with Gasteiger partial charge in [-0.1, -0.05) is 128 Å². The van der Waals surface area contributed by atoms with Gasteiger partial charge in [-0.15, -0.1) is 0 Å². The van der Waals surface area contributed by atoms with Crippen molar-refractivity contribution in [2.45, 2.75) is 216 Å². The monoisotopic (exact) mass is 804 g/mol. The number of rotatable bonds is 31. The molecule has 0 spiro atoms. The first-order valence-corrected chi connectivity index (χ1v) is 21.6. The summed E-state index contributed by atoms with van der Waals surface area (Å²) in [6.45, 7) is 2.69. The maximum absolute atomic E-state index is 13.0. The van der Waals surface area contributed by atoms with Gasteiger partial charge >= 0.3 is 0 Å². The lowest BCUT2D eigenvalue weighted by molar-refractivity contribution is -0.359. The van der Waals surface area contributed by atoms with Crippen molar-refractivity contribution in [1.29, 1.82) is 0 Å². The van der Waals surface area contributed by atoms with E-state index in [0.717, 1.165) is 32.1 Å². The van der Waals surface area contributed by atoms with Gasteiger partial charge in [0.2, 0.25) is 5.91 Å². The lowest BCUT2D eigenvalue weighted by atomic mass is 9.97. The molecule has 2 saturated heterocycles. The van der Waals surface area contributed by atoms with Crippen LogP contribution in [0.2, 0.25) is 0 Å². The highest BCUT2D eigenvalue weighted by Crippen LogP contribution is 2.30. The first kappa shape index (κ1) is 50.6. The summed E-state index contributed by atoms with van der Waals surface area (Å²) in [6, 6.07) is -0.922. The Labute approximate surface area is 335 Å². The Kier molecular flexibility index (Phi) is 27.6. The van der Waals surface area contributed by atoms with Crippen LogP contribution in [-0.4, -0.2) is 140 Å². The summed E-state index contributed by atoms with van der Waals surface area (Å²) in [5.41, 5.74) is 0. The molecule has 1 amide bonds. The number of hydrogen-bond acceptors (Lipinski definition) is 13. The SMILES string of the molecule is CCCCCCCC/C=C/CC/C=C/C(O)C(COC1OC(CO)C(OC2OC(CO)C(O)C(O)C2O)C(O)C1O)NC(=O)CCCCCCCCCCCC. The van der Waals surface area contributed by atoms with Crippen molar-refractivity contribution >= 4 is 5.91 Å². The molecule has 9 N–H and O–H groups in total. The molecule has 12 unspecified atom stereocenters. The van der Waals surface area contributed by atoms with E-state index in [4.69, 9.17) is 18.9 Å². The molecule has 2 aliphatic rings. The number of unbranched alkanes of at least 4 members (excludes halogenated alkanes) is 16. The van der Waals surface area contributed by atoms with Crippen LogP contribution in [0.15, 0.2) is 24.3 Å². The van der Waals surface area contributed by atoms with Crippen LogP contribution < -0.4 is 5.32 Å².